The highest BCUT2D eigenvalue weighted by molar-refractivity contribution is 7.89. The Bertz CT molecular complexity index is 785. The van der Waals surface area contributed by atoms with E-state index >= 15 is 0 Å². The van der Waals surface area contributed by atoms with Crippen molar-refractivity contribution in [2.24, 2.45) is 0 Å². The molecule has 8 nitrogen and oxygen atoms in total. The number of benzene rings is 1. The maximum Gasteiger partial charge on any atom is 0.279 e. The van der Waals surface area contributed by atoms with Gasteiger partial charge in [0, 0.05) is 18.8 Å². The molecule has 1 amide bonds. The van der Waals surface area contributed by atoms with Gasteiger partial charge in [-0.05, 0) is 43.9 Å². The van der Waals surface area contributed by atoms with E-state index in [-0.39, 0.29) is 16.6 Å². The van der Waals surface area contributed by atoms with E-state index in [1.165, 1.54) is 41.6 Å². The molecule has 2 aliphatic heterocycles. The van der Waals surface area contributed by atoms with E-state index in [0.717, 1.165) is 25.9 Å². The Morgan fingerprint density at radius 2 is 1.79 bits per heavy atom. The summed E-state index contributed by atoms with van der Waals surface area (Å²) in [7, 11) is -2.29. The molecule has 2 heterocycles. The molecule has 0 unspecified atom stereocenters. The van der Waals surface area contributed by atoms with Gasteiger partial charge in [-0.15, -0.1) is 0 Å². The molecule has 1 aromatic rings. The third-order valence-electron chi connectivity index (χ3n) is 5.51. The number of ether oxygens (including phenoxy) is 2. The van der Waals surface area contributed by atoms with Crippen molar-refractivity contribution in [1.82, 2.24) is 4.31 Å². The number of nitrogens with one attached hydrogen (secondary N) is 2. The molecule has 2 aliphatic rings. The van der Waals surface area contributed by atoms with Gasteiger partial charge in [-0.3, -0.25) is 4.79 Å². The number of nitrogens with zero attached hydrogens (tertiary/aromatic N) is 1. The molecule has 0 radical (unpaired) electrons. The molecule has 0 bridgehead atoms. The number of hydrogen-bond acceptors (Lipinski definition) is 5. The lowest BCUT2D eigenvalue weighted by atomic mass is 10.1. The Kier molecular flexibility index (Phi) is 7.88. The van der Waals surface area contributed by atoms with Crippen molar-refractivity contribution < 1.29 is 27.6 Å². The number of carbonyl (C=O) groups excluding carboxylic acids is 1. The second-order valence-electron chi connectivity index (χ2n) is 7.62. The van der Waals surface area contributed by atoms with Crippen LogP contribution < -0.4 is 15.0 Å². The predicted molar refractivity (Wildman–Crippen MR) is 110 cm³/mol. The van der Waals surface area contributed by atoms with Crippen LogP contribution in [0.4, 0.5) is 5.69 Å². The van der Waals surface area contributed by atoms with Gasteiger partial charge in [-0.2, -0.15) is 4.31 Å². The Morgan fingerprint density at radius 3 is 2.45 bits per heavy atom. The number of anilines is 1. The Hall–Kier alpha value is -1.68. The maximum atomic E-state index is 13.1. The number of hydrogen-bond donors (Lipinski definition) is 2. The largest absolute Gasteiger partial charge is 0.495 e. The number of carbonyl (C=O) groups is 1. The number of likely N-dealkylation sites (tertiary alicyclic amines) is 1. The highest BCUT2D eigenvalue weighted by Gasteiger charge is 2.29. The summed E-state index contributed by atoms with van der Waals surface area (Å²) in [5, 5.41) is 2.87. The zero-order valence-corrected chi connectivity index (χ0v) is 17.9. The average molecular weight is 427 g/mol. The minimum absolute atomic E-state index is 0.0679. The summed E-state index contributed by atoms with van der Waals surface area (Å²) in [5.41, 5.74) is 0.467. The summed E-state index contributed by atoms with van der Waals surface area (Å²) in [5.74, 6) is 0.171. The molecule has 9 heteroatoms. The first-order valence-corrected chi connectivity index (χ1v) is 11.8. The summed E-state index contributed by atoms with van der Waals surface area (Å²) in [6, 6.07) is 4.76. The minimum Gasteiger partial charge on any atom is -0.495 e. The van der Waals surface area contributed by atoms with Gasteiger partial charge >= 0.3 is 0 Å². The fraction of sp³-hybridized carbons (Fsp3) is 0.650. The molecular weight excluding hydrogens is 394 g/mol. The van der Waals surface area contributed by atoms with Crippen molar-refractivity contribution in [1.29, 1.82) is 0 Å². The molecular formula is C20H32N3O5S+. The number of sulfonamides is 1. The number of methoxy groups -OCH3 is 1. The van der Waals surface area contributed by atoms with Crippen molar-refractivity contribution in [2.45, 2.75) is 37.0 Å². The standard InChI is InChI=1S/C20H31N3O5S/c1-27-18-8-7-17(15-19(18)29(25,26)23-11-13-28-14-12-23)21-20(24)16-22-9-5-3-2-4-6-10-22/h7-8,15H,2-6,9-14,16H2,1H3,(H,21,24)/p+1. The van der Waals surface area contributed by atoms with Crippen LogP contribution in [-0.4, -0.2) is 71.7 Å². The second kappa shape index (κ2) is 10.4. The Morgan fingerprint density at radius 1 is 1.14 bits per heavy atom. The van der Waals surface area contributed by atoms with Gasteiger partial charge in [0.15, 0.2) is 6.54 Å². The lowest BCUT2D eigenvalue weighted by molar-refractivity contribution is -0.892. The van der Waals surface area contributed by atoms with Crippen LogP contribution in [0.3, 0.4) is 0 Å². The summed E-state index contributed by atoms with van der Waals surface area (Å²) in [6.07, 6.45) is 6.03. The monoisotopic (exact) mass is 426 g/mol. The predicted octanol–water partition coefficient (Wildman–Crippen LogP) is 0.504. The van der Waals surface area contributed by atoms with E-state index in [1.807, 2.05) is 0 Å². The van der Waals surface area contributed by atoms with Crippen molar-refractivity contribution >= 4 is 21.6 Å². The summed E-state index contributed by atoms with van der Waals surface area (Å²) < 4.78 is 38.1. The van der Waals surface area contributed by atoms with Crippen LogP contribution >= 0.6 is 0 Å². The van der Waals surface area contributed by atoms with Crippen molar-refractivity contribution in [3.63, 3.8) is 0 Å². The lowest BCUT2D eigenvalue weighted by Gasteiger charge is -2.27. The Balaban J connectivity index is 1.71. The fourth-order valence-electron chi connectivity index (χ4n) is 3.90. The van der Waals surface area contributed by atoms with E-state index in [9.17, 15) is 13.2 Å². The number of morpholine rings is 1. The van der Waals surface area contributed by atoms with Crippen molar-refractivity contribution in [2.75, 3.05) is 58.4 Å². The van der Waals surface area contributed by atoms with E-state index in [0.29, 0.717) is 38.5 Å². The van der Waals surface area contributed by atoms with Gasteiger partial charge in [0.2, 0.25) is 10.0 Å². The van der Waals surface area contributed by atoms with Crippen molar-refractivity contribution in [3.8, 4) is 5.75 Å². The first-order valence-electron chi connectivity index (χ1n) is 10.4. The molecule has 162 valence electrons. The maximum absolute atomic E-state index is 13.1. The number of amides is 1. The van der Waals surface area contributed by atoms with E-state index in [2.05, 4.69) is 5.32 Å². The highest BCUT2D eigenvalue weighted by Crippen LogP contribution is 2.30. The van der Waals surface area contributed by atoms with Gasteiger partial charge in [-0.25, -0.2) is 8.42 Å². The molecule has 29 heavy (non-hydrogen) atoms. The molecule has 1 aromatic carbocycles. The topological polar surface area (TPSA) is 89.4 Å². The quantitative estimate of drug-likeness (QED) is 0.692. The molecule has 0 aliphatic carbocycles. The van der Waals surface area contributed by atoms with E-state index in [4.69, 9.17) is 9.47 Å². The van der Waals surface area contributed by atoms with Crippen LogP contribution in [0.15, 0.2) is 23.1 Å². The van der Waals surface area contributed by atoms with Gasteiger partial charge in [0.25, 0.3) is 5.91 Å². The van der Waals surface area contributed by atoms with Gasteiger partial charge in [0.05, 0.1) is 33.4 Å². The van der Waals surface area contributed by atoms with Gasteiger partial charge in [-0.1, -0.05) is 6.42 Å². The molecule has 3 rings (SSSR count). The molecule has 2 fully saturated rings. The Labute approximate surface area is 173 Å². The smallest absolute Gasteiger partial charge is 0.279 e. The zero-order valence-electron chi connectivity index (χ0n) is 17.1. The lowest BCUT2D eigenvalue weighted by Crippen LogP contribution is -3.13. The average Bonchev–Trinajstić information content (AvgIpc) is 2.70. The molecule has 0 saturated carbocycles. The first-order chi connectivity index (χ1) is 14.0. The van der Waals surface area contributed by atoms with Crippen LogP contribution in [0.1, 0.15) is 32.1 Å². The second-order valence-corrected chi connectivity index (χ2v) is 9.53. The third-order valence-corrected chi connectivity index (χ3v) is 7.43. The minimum atomic E-state index is -3.73. The van der Waals surface area contributed by atoms with Gasteiger partial charge < -0.3 is 19.7 Å². The molecule has 0 atom stereocenters. The van der Waals surface area contributed by atoms with E-state index < -0.39 is 10.0 Å². The molecule has 0 spiro atoms. The zero-order chi connectivity index (χ0) is 20.7. The number of quaternary nitrogens is 1. The normalized spacial score (nSPS) is 19.9. The van der Waals surface area contributed by atoms with Crippen LogP contribution in [-0.2, 0) is 19.6 Å². The van der Waals surface area contributed by atoms with Crippen LogP contribution in [0.2, 0.25) is 0 Å². The molecule has 2 saturated heterocycles. The molecule has 0 aromatic heterocycles. The summed E-state index contributed by atoms with van der Waals surface area (Å²) >= 11 is 0. The summed E-state index contributed by atoms with van der Waals surface area (Å²) in [6.45, 7) is 3.77. The van der Waals surface area contributed by atoms with E-state index in [1.54, 1.807) is 12.1 Å². The van der Waals surface area contributed by atoms with Gasteiger partial charge in [0.1, 0.15) is 10.6 Å². The molecule has 2 N–H and O–H groups in total. The van der Waals surface area contributed by atoms with Crippen LogP contribution in [0.5, 0.6) is 5.75 Å². The third kappa shape index (κ3) is 5.91. The first kappa shape index (κ1) is 22.0. The SMILES string of the molecule is COc1ccc(NC(=O)C[NH+]2CCCCCCC2)cc1S(=O)(=O)N1CCOCC1. The van der Waals surface area contributed by atoms with Crippen LogP contribution in [0, 0.1) is 0 Å². The fourth-order valence-corrected chi connectivity index (χ4v) is 5.49. The van der Waals surface area contributed by atoms with Crippen LogP contribution in [0.25, 0.3) is 0 Å². The highest BCUT2D eigenvalue weighted by atomic mass is 32.2. The summed E-state index contributed by atoms with van der Waals surface area (Å²) in [4.78, 5) is 13.9. The van der Waals surface area contributed by atoms with Crippen molar-refractivity contribution in [3.05, 3.63) is 18.2 Å². The number of rotatable bonds is 6.